The Labute approximate surface area is 126 Å². The Balaban J connectivity index is 1.61. The average molecular weight is 284 g/mol. The van der Waals surface area contributed by atoms with Gasteiger partial charge < -0.3 is 5.32 Å². The third kappa shape index (κ3) is 3.84. The van der Waals surface area contributed by atoms with Gasteiger partial charge in [0, 0.05) is 11.7 Å². The van der Waals surface area contributed by atoms with Gasteiger partial charge in [-0.05, 0) is 48.8 Å². The summed E-state index contributed by atoms with van der Waals surface area (Å²) in [6.07, 6.45) is 8.47. The fourth-order valence-corrected chi connectivity index (χ4v) is 3.04. The molecule has 0 radical (unpaired) electrons. The molecule has 112 valence electrons. The molecule has 4 nitrogen and oxygen atoms in total. The first kappa shape index (κ1) is 14.1. The quantitative estimate of drug-likeness (QED) is 0.930. The number of rotatable bonds is 4. The lowest BCUT2D eigenvalue weighted by atomic mass is 9.75. The zero-order valence-corrected chi connectivity index (χ0v) is 12.9. The molecule has 21 heavy (non-hydrogen) atoms. The molecule has 1 N–H and O–H groups in total. The lowest BCUT2D eigenvalue weighted by Gasteiger charge is -2.35. The third-order valence-corrected chi connectivity index (χ3v) is 4.45. The Morgan fingerprint density at radius 2 is 2.10 bits per heavy atom. The fraction of sp³-hybridized carbons (Fsp3) is 0.529. The first-order valence-electron chi connectivity index (χ1n) is 7.79. The van der Waals surface area contributed by atoms with E-state index in [0.29, 0.717) is 11.5 Å². The molecule has 0 unspecified atom stereocenters. The molecule has 1 aliphatic rings. The van der Waals surface area contributed by atoms with E-state index in [9.17, 15) is 0 Å². The monoisotopic (exact) mass is 284 g/mol. The van der Waals surface area contributed by atoms with Gasteiger partial charge in [-0.1, -0.05) is 26.0 Å². The summed E-state index contributed by atoms with van der Waals surface area (Å²) in [5.41, 5.74) is 2.99. The first-order chi connectivity index (χ1) is 10.1. The van der Waals surface area contributed by atoms with Crippen molar-refractivity contribution in [3.8, 4) is 0 Å². The molecule has 0 amide bonds. The summed E-state index contributed by atoms with van der Waals surface area (Å²) in [7, 11) is 0. The van der Waals surface area contributed by atoms with Crippen LogP contribution in [0.2, 0.25) is 0 Å². The summed E-state index contributed by atoms with van der Waals surface area (Å²) < 4.78 is 1.85. The van der Waals surface area contributed by atoms with Crippen LogP contribution in [0.4, 0.5) is 5.69 Å². The van der Waals surface area contributed by atoms with Gasteiger partial charge in [0.15, 0.2) is 0 Å². The summed E-state index contributed by atoms with van der Waals surface area (Å²) in [6.45, 7) is 5.52. The minimum Gasteiger partial charge on any atom is -0.382 e. The Bertz CT molecular complexity index is 564. The summed E-state index contributed by atoms with van der Waals surface area (Å²) in [4.78, 5) is 3.98. The van der Waals surface area contributed by atoms with Crippen LogP contribution in [-0.2, 0) is 6.54 Å². The summed E-state index contributed by atoms with van der Waals surface area (Å²) in [6, 6.07) is 9.24. The van der Waals surface area contributed by atoms with Gasteiger partial charge in [0.25, 0.3) is 0 Å². The maximum absolute atomic E-state index is 4.16. The molecule has 0 atom stereocenters. The minimum atomic E-state index is 0.521. The highest BCUT2D eigenvalue weighted by Crippen LogP contribution is 2.36. The number of benzene rings is 1. The molecule has 0 spiro atoms. The number of anilines is 1. The van der Waals surface area contributed by atoms with Gasteiger partial charge in [-0.25, -0.2) is 9.67 Å². The van der Waals surface area contributed by atoms with Crippen LogP contribution >= 0.6 is 0 Å². The van der Waals surface area contributed by atoms with Crippen LogP contribution in [0.3, 0.4) is 0 Å². The van der Waals surface area contributed by atoms with Crippen LogP contribution < -0.4 is 5.32 Å². The fourth-order valence-electron chi connectivity index (χ4n) is 3.04. The van der Waals surface area contributed by atoms with Crippen molar-refractivity contribution >= 4 is 5.69 Å². The standard InChI is InChI=1S/C17H24N4/c1-17(2)8-6-15(7-9-17)20-16-5-3-4-14(10-16)11-21-13-18-12-19-21/h3-5,10,12-13,15,20H,6-9,11H2,1-2H3. The van der Waals surface area contributed by atoms with E-state index in [0.717, 1.165) is 6.54 Å². The van der Waals surface area contributed by atoms with Crippen LogP contribution in [0.1, 0.15) is 45.1 Å². The van der Waals surface area contributed by atoms with E-state index in [1.807, 2.05) is 4.68 Å². The number of aromatic nitrogens is 3. The molecule has 4 heteroatoms. The van der Waals surface area contributed by atoms with Gasteiger partial charge in [0.1, 0.15) is 12.7 Å². The second-order valence-corrected chi connectivity index (χ2v) is 6.88. The van der Waals surface area contributed by atoms with E-state index in [-0.39, 0.29) is 0 Å². The molecule has 1 fully saturated rings. The van der Waals surface area contributed by atoms with Gasteiger partial charge in [-0.3, -0.25) is 0 Å². The Morgan fingerprint density at radius 3 is 2.81 bits per heavy atom. The summed E-state index contributed by atoms with van der Waals surface area (Å²) in [5, 5.41) is 7.85. The van der Waals surface area contributed by atoms with Crippen molar-refractivity contribution in [1.29, 1.82) is 0 Å². The average Bonchev–Trinajstić information content (AvgIpc) is 2.95. The SMILES string of the molecule is CC1(C)CCC(Nc2cccc(Cn3cncn3)c2)CC1. The summed E-state index contributed by atoms with van der Waals surface area (Å²) >= 11 is 0. The number of hydrogen-bond donors (Lipinski definition) is 1. The predicted molar refractivity (Wildman–Crippen MR) is 85.2 cm³/mol. The van der Waals surface area contributed by atoms with Crippen LogP contribution in [0.15, 0.2) is 36.9 Å². The number of nitrogens with one attached hydrogen (secondary N) is 1. The molecule has 0 aliphatic heterocycles. The highest BCUT2D eigenvalue weighted by Gasteiger charge is 2.26. The molecule has 1 aliphatic carbocycles. The second-order valence-electron chi connectivity index (χ2n) is 6.88. The number of nitrogens with zero attached hydrogens (tertiary/aromatic N) is 3. The highest BCUT2D eigenvalue weighted by atomic mass is 15.3. The highest BCUT2D eigenvalue weighted by molar-refractivity contribution is 5.46. The second kappa shape index (κ2) is 5.88. The zero-order chi connectivity index (χ0) is 14.7. The van der Waals surface area contributed by atoms with Gasteiger partial charge in [0.05, 0.1) is 6.54 Å². The van der Waals surface area contributed by atoms with Crippen molar-refractivity contribution in [1.82, 2.24) is 14.8 Å². The van der Waals surface area contributed by atoms with Gasteiger partial charge >= 0.3 is 0 Å². The lowest BCUT2D eigenvalue weighted by Crippen LogP contribution is -2.29. The van der Waals surface area contributed by atoms with Crippen molar-refractivity contribution < 1.29 is 0 Å². The van der Waals surface area contributed by atoms with Crippen molar-refractivity contribution in [2.45, 2.75) is 52.1 Å². The van der Waals surface area contributed by atoms with E-state index in [1.165, 1.54) is 36.9 Å². The van der Waals surface area contributed by atoms with Crippen LogP contribution in [-0.4, -0.2) is 20.8 Å². The van der Waals surface area contributed by atoms with Crippen LogP contribution in [0.25, 0.3) is 0 Å². The predicted octanol–water partition coefficient (Wildman–Crippen LogP) is 3.71. The normalized spacial score (nSPS) is 18.6. The molecule has 1 aromatic carbocycles. The van der Waals surface area contributed by atoms with Gasteiger partial charge in [-0.2, -0.15) is 5.10 Å². The molecule has 1 heterocycles. The van der Waals surface area contributed by atoms with Crippen molar-refractivity contribution in [2.75, 3.05) is 5.32 Å². The van der Waals surface area contributed by atoms with Crippen molar-refractivity contribution in [3.05, 3.63) is 42.5 Å². The molecular weight excluding hydrogens is 260 g/mol. The Morgan fingerprint density at radius 1 is 1.29 bits per heavy atom. The van der Waals surface area contributed by atoms with E-state index < -0.39 is 0 Å². The minimum absolute atomic E-state index is 0.521. The van der Waals surface area contributed by atoms with E-state index in [1.54, 1.807) is 12.7 Å². The van der Waals surface area contributed by atoms with Gasteiger partial charge in [0.2, 0.25) is 0 Å². The topological polar surface area (TPSA) is 42.7 Å². The van der Waals surface area contributed by atoms with Crippen LogP contribution in [0.5, 0.6) is 0 Å². The molecule has 1 aromatic heterocycles. The summed E-state index contributed by atoms with van der Waals surface area (Å²) in [5.74, 6) is 0. The number of hydrogen-bond acceptors (Lipinski definition) is 3. The van der Waals surface area contributed by atoms with Gasteiger partial charge in [-0.15, -0.1) is 0 Å². The Hall–Kier alpha value is -1.84. The van der Waals surface area contributed by atoms with E-state index in [2.05, 4.69) is 53.5 Å². The first-order valence-corrected chi connectivity index (χ1v) is 7.79. The zero-order valence-electron chi connectivity index (χ0n) is 12.9. The Kier molecular flexibility index (Phi) is 3.95. The molecule has 0 bridgehead atoms. The third-order valence-electron chi connectivity index (χ3n) is 4.45. The molecular formula is C17H24N4. The molecule has 0 saturated heterocycles. The van der Waals surface area contributed by atoms with E-state index >= 15 is 0 Å². The van der Waals surface area contributed by atoms with Crippen LogP contribution in [0, 0.1) is 5.41 Å². The lowest BCUT2D eigenvalue weighted by molar-refractivity contribution is 0.232. The van der Waals surface area contributed by atoms with E-state index in [4.69, 9.17) is 0 Å². The van der Waals surface area contributed by atoms with Crippen molar-refractivity contribution in [2.24, 2.45) is 5.41 Å². The largest absolute Gasteiger partial charge is 0.382 e. The maximum atomic E-state index is 4.16. The molecule has 1 saturated carbocycles. The smallest absolute Gasteiger partial charge is 0.137 e. The molecule has 2 aromatic rings. The maximum Gasteiger partial charge on any atom is 0.137 e. The molecule has 3 rings (SSSR count). The van der Waals surface area contributed by atoms with Crippen molar-refractivity contribution in [3.63, 3.8) is 0 Å².